The van der Waals surface area contributed by atoms with Crippen LogP contribution in [0.25, 0.3) is 0 Å². The molecule has 1 saturated heterocycles. The van der Waals surface area contributed by atoms with Gasteiger partial charge in [-0.3, -0.25) is 0 Å². The summed E-state index contributed by atoms with van der Waals surface area (Å²) in [6.07, 6.45) is -4.69. The van der Waals surface area contributed by atoms with E-state index < -0.39 is 30.5 Å². The van der Waals surface area contributed by atoms with E-state index >= 15 is 0 Å². The lowest BCUT2D eigenvalue weighted by Crippen LogP contribution is -2.37. The first kappa shape index (κ1) is 9.88. The molecule has 1 aliphatic heterocycles. The van der Waals surface area contributed by atoms with Crippen molar-refractivity contribution in [2.75, 3.05) is 6.61 Å². The maximum absolute atomic E-state index is 9.28. The molecule has 0 amide bonds. The number of aliphatic hydroxyl groups is 4. The Morgan fingerprint density at radius 1 is 1.33 bits per heavy atom. The van der Waals surface area contributed by atoms with Crippen molar-refractivity contribution in [3.8, 4) is 0 Å². The predicted molar refractivity (Wildman–Crippen MR) is 39.4 cm³/mol. The lowest BCUT2D eigenvalue weighted by atomic mass is 10.1. The first-order chi connectivity index (χ1) is 5.57. The summed E-state index contributed by atoms with van der Waals surface area (Å²) in [5, 5.41) is 36.3. The van der Waals surface area contributed by atoms with E-state index in [9.17, 15) is 10.2 Å². The number of ether oxygens (including phenoxy) is 1. The Kier molecular flexibility index (Phi) is 3.03. The lowest BCUT2D eigenvalue weighted by molar-refractivity contribution is -0.0683. The molecule has 1 heterocycles. The van der Waals surface area contributed by atoms with Crippen LogP contribution < -0.4 is 0 Å². The topological polar surface area (TPSA) is 90.2 Å². The molecular formula is C7H14O5. The van der Waals surface area contributed by atoms with Crippen molar-refractivity contribution in [3.63, 3.8) is 0 Å². The number of rotatable bonds is 2. The van der Waals surface area contributed by atoms with Crippen LogP contribution >= 0.6 is 0 Å². The van der Waals surface area contributed by atoms with Crippen molar-refractivity contribution in [1.82, 2.24) is 0 Å². The molecule has 5 heteroatoms. The van der Waals surface area contributed by atoms with Crippen molar-refractivity contribution in [2.45, 2.75) is 37.4 Å². The van der Waals surface area contributed by atoms with Crippen LogP contribution in [0.4, 0.5) is 0 Å². The Balaban J connectivity index is 2.60. The van der Waals surface area contributed by atoms with E-state index in [2.05, 4.69) is 0 Å². The van der Waals surface area contributed by atoms with Crippen molar-refractivity contribution in [3.05, 3.63) is 0 Å². The molecule has 0 spiro atoms. The van der Waals surface area contributed by atoms with Crippen molar-refractivity contribution in [1.29, 1.82) is 0 Å². The molecule has 0 aliphatic carbocycles. The highest BCUT2D eigenvalue weighted by molar-refractivity contribution is 4.92. The Morgan fingerprint density at radius 2 is 1.92 bits per heavy atom. The standard InChI is InChI=1S/C7H14O5/c1-3(9)7-6(11)5(10)4(2-8)12-7/h3-11H,2H2,1H3/t3-,4?,5?,6+,7-/m1/s1. The molecule has 1 rings (SSSR count). The minimum atomic E-state index is -1.12. The monoisotopic (exact) mass is 178 g/mol. The number of hydrogen-bond acceptors (Lipinski definition) is 5. The molecule has 0 aromatic heterocycles. The second-order valence-corrected chi connectivity index (χ2v) is 3.04. The van der Waals surface area contributed by atoms with Crippen molar-refractivity contribution >= 4 is 0 Å². The molecule has 0 radical (unpaired) electrons. The third-order valence-corrected chi connectivity index (χ3v) is 2.05. The van der Waals surface area contributed by atoms with Crippen molar-refractivity contribution < 1.29 is 25.2 Å². The van der Waals surface area contributed by atoms with E-state index in [-0.39, 0.29) is 6.61 Å². The molecule has 2 unspecified atom stereocenters. The van der Waals surface area contributed by atoms with Gasteiger partial charge in [0.1, 0.15) is 24.4 Å². The molecule has 0 saturated carbocycles. The minimum absolute atomic E-state index is 0.360. The summed E-state index contributed by atoms with van der Waals surface area (Å²) in [5.74, 6) is 0. The molecule has 0 aromatic carbocycles. The average molecular weight is 178 g/mol. The Morgan fingerprint density at radius 3 is 2.17 bits per heavy atom. The lowest BCUT2D eigenvalue weighted by Gasteiger charge is -2.16. The summed E-state index contributed by atoms with van der Waals surface area (Å²) < 4.78 is 5.00. The summed E-state index contributed by atoms with van der Waals surface area (Å²) in [5.41, 5.74) is 0. The highest BCUT2D eigenvalue weighted by Gasteiger charge is 2.44. The van der Waals surface area contributed by atoms with Crippen LogP contribution in [0.2, 0.25) is 0 Å². The van der Waals surface area contributed by atoms with Gasteiger partial charge in [0, 0.05) is 0 Å². The van der Waals surface area contributed by atoms with E-state index in [0.717, 1.165) is 0 Å². The zero-order valence-electron chi connectivity index (χ0n) is 6.79. The first-order valence-corrected chi connectivity index (χ1v) is 3.88. The second-order valence-electron chi connectivity index (χ2n) is 3.04. The molecule has 5 nitrogen and oxygen atoms in total. The summed E-state index contributed by atoms with van der Waals surface area (Å²) in [4.78, 5) is 0. The maximum Gasteiger partial charge on any atom is 0.112 e. The van der Waals surface area contributed by atoms with Gasteiger partial charge < -0.3 is 25.2 Å². The highest BCUT2D eigenvalue weighted by atomic mass is 16.6. The summed E-state index contributed by atoms with van der Waals surface area (Å²) in [6, 6.07) is 0. The largest absolute Gasteiger partial charge is 0.394 e. The number of hydrogen-bond donors (Lipinski definition) is 4. The van der Waals surface area contributed by atoms with Gasteiger partial charge in [0.05, 0.1) is 12.7 Å². The fraction of sp³-hybridized carbons (Fsp3) is 1.00. The third-order valence-electron chi connectivity index (χ3n) is 2.05. The molecule has 5 atom stereocenters. The Hall–Kier alpha value is -0.200. The normalized spacial score (nSPS) is 44.8. The highest BCUT2D eigenvalue weighted by Crippen LogP contribution is 2.23. The van der Waals surface area contributed by atoms with E-state index in [4.69, 9.17) is 14.9 Å². The zero-order valence-corrected chi connectivity index (χ0v) is 6.79. The van der Waals surface area contributed by atoms with Gasteiger partial charge in [0.2, 0.25) is 0 Å². The summed E-state index contributed by atoms with van der Waals surface area (Å²) >= 11 is 0. The van der Waals surface area contributed by atoms with Crippen LogP contribution in [-0.2, 0) is 4.74 Å². The van der Waals surface area contributed by atoms with Crippen LogP contribution in [0.1, 0.15) is 6.92 Å². The van der Waals surface area contributed by atoms with Gasteiger partial charge in [-0.05, 0) is 6.92 Å². The molecule has 12 heavy (non-hydrogen) atoms. The fourth-order valence-corrected chi connectivity index (χ4v) is 1.33. The first-order valence-electron chi connectivity index (χ1n) is 3.88. The van der Waals surface area contributed by atoms with E-state index in [1.54, 1.807) is 0 Å². The van der Waals surface area contributed by atoms with Gasteiger partial charge in [-0.2, -0.15) is 0 Å². The van der Waals surface area contributed by atoms with Gasteiger partial charge in [0.15, 0.2) is 0 Å². The maximum atomic E-state index is 9.28. The SMILES string of the molecule is C[C@@H](O)[C@H]1OC(CO)C(O)[C@@H]1O. The van der Waals surface area contributed by atoms with Gasteiger partial charge in [-0.1, -0.05) is 0 Å². The van der Waals surface area contributed by atoms with Crippen LogP contribution in [0.3, 0.4) is 0 Å². The molecule has 1 fully saturated rings. The van der Waals surface area contributed by atoms with Crippen molar-refractivity contribution in [2.24, 2.45) is 0 Å². The summed E-state index contributed by atoms with van der Waals surface area (Å²) in [6.45, 7) is 1.10. The third kappa shape index (κ3) is 1.60. The predicted octanol–water partition coefficient (Wildman–Crippen LogP) is -2.15. The van der Waals surface area contributed by atoms with E-state index in [1.807, 2.05) is 0 Å². The van der Waals surface area contributed by atoms with Gasteiger partial charge >= 0.3 is 0 Å². The molecule has 72 valence electrons. The molecular weight excluding hydrogens is 164 g/mol. The zero-order chi connectivity index (χ0) is 9.30. The Labute approximate surface area is 70.2 Å². The molecule has 1 aliphatic rings. The van der Waals surface area contributed by atoms with E-state index in [1.165, 1.54) is 6.92 Å². The molecule has 0 bridgehead atoms. The van der Waals surface area contributed by atoms with Crippen LogP contribution in [-0.4, -0.2) is 57.6 Å². The van der Waals surface area contributed by atoms with Crippen LogP contribution in [0, 0.1) is 0 Å². The Bertz CT molecular complexity index is 149. The smallest absolute Gasteiger partial charge is 0.112 e. The fourth-order valence-electron chi connectivity index (χ4n) is 1.33. The average Bonchev–Trinajstić information content (AvgIpc) is 2.30. The van der Waals surface area contributed by atoms with Gasteiger partial charge in [0.25, 0.3) is 0 Å². The van der Waals surface area contributed by atoms with Crippen LogP contribution in [0.5, 0.6) is 0 Å². The quantitative estimate of drug-likeness (QED) is 0.387. The van der Waals surface area contributed by atoms with E-state index in [0.29, 0.717) is 0 Å². The van der Waals surface area contributed by atoms with Gasteiger partial charge in [-0.15, -0.1) is 0 Å². The molecule has 4 N–H and O–H groups in total. The second kappa shape index (κ2) is 3.68. The minimum Gasteiger partial charge on any atom is -0.394 e. The molecule has 0 aromatic rings. The summed E-state index contributed by atoms with van der Waals surface area (Å²) in [7, 11) is 0. The number of aliphatic hydroxyl groups excluding tert-OH is 4. The van der Waals surface area contributed by atoms with Gasteiger partial charge in [-0.25, -0.2) is 0 Å². The van der Waals surface area contributed by atoms with Crippen LogP contribution in [0.15, 0.2) is 0 Å².